The molecule has 0 spiro atoms. The monoisotopic (exact) mass is 889 g/mol. The van der Waals surface area contributed by atoms with Gasteiger partial charge in [-0.1, -0.05) is 57.2 Å². The lowest BCUT2D eigenvalue weighted by atomic mass is 9.87. The molecule has 2 aromatic heterocycles. The van der Waals surface area contributed by atoms with Crippen LogP contribution in [0, 0.1) is 5.41 Å². The summed E-state index contributed by atoms with van der Waals surface area (Å²) in [5.41, 5.74) is 4.26. The minimum Gasteiger partial charge on any atom is -0.386 e. The number of nitrogens with one attached hydrogen (secondary N) is 2. The van der Waals surface area contributed by atoms with Crippen molar-refractivity contribution in [2.24, 2.45) is 5.41 Å². The maximum Gasteiger partial charge on any atom is 0.481 e. The normalized spacial score (nSPS) is 21.8. The number of nitrogens with zero attached hydrogens (tertiary/aromatic N) is 4. The number of carbonyl (C=O) groups excluding carboxylic acids is 3. The number of phosphoric ester groups is 3. The van der Waals surface area contributed by atoms with Crippen molar-refractivity contribution in [3.8, 4) is 0 Å². The van der Waals surface area contributed by atoms with Gasteiger partial charge < -0.3 is 50.9 Å². The van der Waals surface area contributed by atoms with Crippen molar-refractivity contribution in [2.45, 2.75) is 70.7 Å². The maximum absolute atomic E-state index is 12.7. The summed E-state index contributed by atoms with van der Waals surface area (Å²) in [6.07, 6.45) is 1.75. The molecule has 2 amide bonds. The zero-order valence-electron chi connectivity index (χ0n) is 30.8. The van der Waals surface area contributed by atoms with E-state index in [1.807, 2.05) is 13.0 Å². The van der Waals surface area contributed by atoms with E-state index in [9.17, 15) is 57.9 Å². The van der Waals surface area contributed by atoms with Gasteiger partial charge in [-0.05, 0) is 12.5 Å². The topological polar surface area (TPSA) is 364 Å². The molecule has 3 rings (SSSR count). The summed E-state index contributed by atoms with van der Waals surface area (Å²) in [4.78, 5) is 87.4. The smallest absolute Gasteiger partial charge is 0.386 e. The molecule has 0 radical (unpaired) electrons. The van der Waals surface area contributed by atoms with Crippen molar-refractivity contribution in [2.75, 3.05) is 37.8 Å². The predicted octanol–water partition coefficient (Wildman–Crippen LogP) is 0.577. The highest BCUT2D eigenvalue weighted by molar-refractivity contribution is 8.14. The van der Waals surface area contributed by atoms with Crippen LogP contribution in [0.25, 0.3) is 11.2 Å². The van der Waals surface area contributed by atoms with Gasteiger partial charge in [0.2, 0.25) is 16.9 Å². The second kappa shape index (κ2) is 21.3. The molecular formula is C29H46N7O17P3S. The number of hydrogen-bond donors (Lipinski definition) is 9. The van der Waals surface area contributed by atoms with E-state index in [2.05, 4.69) is 34.4 Å². The Balaban J connectivity index is 1.47. The fourth-order valence-corrected chi connectivity index (χ4v) is 8.21. The molecule has 320 valence electrons. The minimum absolute atomic E-state index is 0.0296. The number of phosphoric acid groups is 3. The summed E-state index contributed by atoms with van der Waals surface area (Å²) in [5, 5.41) is 26.2. The van der Waals surface area contributed by atoms with Gasteiger partial charge >= 0.3 is 23.5 Å². The number of allylic oxidation sites excluding steroid dienone is 3. The number of thioether (sulfide) groups is 1. The van der Waals surface area contributed by atoms with E-state index in [0.29, 0.717) is 5.75 Å². The fraction of sp³-hybridized carbons (Fsp3) is 0.586. The summed E-state index contributed by atoms with van der Waals surface area (Å²) in [5.74, 6) is -1.15. The van der Waals surface area contributed by atoms with Gasteiger partial charge in [0, 0.05) is 30.7 Å². The van der Waals surface area contributed by atoms with Crippen LogP contribution in [0.15, 0.2) is 37.0 Å². The van der Waals surface area contributed by atoms with E-state index in [-0.39, 0.29) is 41.6 Å². The number of nitrogen functional groups attached to an aromatic ring is 1. The number of ether oxygens (including phenoxy) is 1. The summed E-state index contributed by atoms with van der Waals surface area (Å²) in [6, 6.07) is 0. The first kappa shape index (κ1) is 48.4. The molecular weight excluding hydrogens is 843 g/mol. The van der Waals surface area contributed by atoms with Crippen LogP contribution < -0.4 is 16.4 Å². The summed E-state index contributed by atoms with van der Waals surface area (Å²) < 4.78 is 62.1. The van der Waals surface area contributed by atoms with E-state index < -0.39 is 84.6 Å². The Hall–Kier alpha value is -2.96. The van der Waals surface area contributed by atoms with Gasteiger partial charge in [-0.25, -0.2) is 28.6 Å². The maximum atomic E-state index is 12.7. The van der Waals surface area contributed by atoms with Crippen molar-refractivity contribution in [1.82, 2.24) is 30.2 Å². The molecule has 1 aliphatic rings. The van der Waals surface area contributed by atoms with Crippen LogP contribution in [0.4, 0.5) is 5.82 Å². The van der Waals surface area contributed by atoms with Crippen LogP contribution >= 0.6 is 35.2 Å². The largest absolute Gasteiger partial charge is 0.481 e. The number of anilines is 1. The molecule has 0 aliphatic carbocycles. The number of rotatable bonds is 23. The molecule has 1 saturated heterocycles. The second-order valence-electron chi connectivity index (χ2n) is 12.8. The van der Waals surface area contributed by atoms with Crippen molar-refractivity contribution in [1.29, 1.82) is 0 Å². The van der Waals surface area contributed by atoms with Crippen LogP contribution in [0.3, 0.4) is 0 Å². The number of fused-ring (bicyclic) bond motifs is 1. The third-order valence-corrected chi connectivity index (χ3v) is 11.6. The lowest BCUT2D eigenvalue weighted by molar-refractivity contribution is -0.137. The Morgan fingerprint density at radius 3 is 2.46 bits per heavy atom. The van der Waals surface area contributed by atoms with Gasteiger partial charge in [0.25, 0.3) is 0 Å². The van der Waals surface area contributed by atoms with Crippen LogP contribution in [-0.2, 0) is 50.7 Å². The van der Waals surface area contributed by atoms with Gasteiger partial charge in [0.05, 0.1) is 19.5 Å². The molecule has 1 aliphatic heterocycles. The predicted molar refractivity (Wildman–Crippen MR) is 200 cm³/mol. The molecule has 28 heteroatoms. The average Bonchev–Trinajstić information content (AvgIpc) is 3.68. The van der Waals surface area contributed by atoms with E-state index in [4.69, 9.17) is 19.5 Å². The van der Waals surface area contributed by atoms with Crippen molar-refractivity contribution in [3.05, 3.63) is 37.0 Å². The van der Waals surface area contributed by atoms with Crippen LogP contribution in [-0.4, -0.2) is 123 Å². The first-order valence-corrected chi connectivity index (χ1v) is 22.5. The molecule has 7 unspecified atom stereocenters. The molecule has 0 bridgehead atoms. The zero-order valence-corrected chi connectivity index (χ0v) is 34.3. The quantitative estimate of drug-likeness (QED) is 0.0319. The number of hydrogen-bond acceptors (Lipinski definition) is 18. The van der Waals surface area contributed by atoms with Crippen LogP contribution in [0.5, 0.6) is 0 Å². The van der Waals surface area contributed by atoms with Gasteiger partial charge in [0.1, 0.15) is 36.3 Å². The summed E-state index contributed by atoms with van der Waals surface area (Å²) >= 11 is 1.01. The first-order valence-electron chi connectivity index (χ1n) is 16.9. The van der Waals surface area contributed by atoms with Crippen molar-refractivity contribution in [3.63, 3.8) is 0 Å². The Morgan fingerprint density at radius 1 is 1.07 bits per heavy atom. The molecule has 1 fully saturated rings. The van der Waals surface area contributed by atoms with E-state index in [1.54, 1.807) is 12.2 Å². The third kappa shape index (κ3) is 15.6. The molecule has 2 aromatic rings. The van der Waals surface area contributed by atoms with Gasteiger partial charge in [-0.15, -0.1) is 0 Å². The fourth-order valence-electron chi connectivity index (χ4n) is 4.81. The number of imidazole rings is 1. The number of aliphatic hydroxyl groups is 2. The molecule has 3 heterocycles. The van der Waals surface area contributed by atoms with E-state index in [0.717, 1.165) is 41.8 Å². The summed E-state index contributed by atoms with van der Waals surface area (Å²) in [7, 11) is -16.4. The molecule has 57 heavy (non-hydrogen) atoms. The van der Waals surface area contributed by atoms with E-state index >= 15 is 0 Å². The number of unbranched alkanes of at least 4 members (excludes halogenated alkanes) is 1. The Kier molecular flexibility index (Phi) is 18.1. The molecule has 0 aromatic carbocycles. The highest BCUT2D eigenvalue weighted by Crippen LogP contribution is 2.61. The lowest BCUT2D eigenvalue weighted by Crippen LogP contribution is -2.46. The van der Waals surface area contributed by atoms with Gasteiger partial charge in [-0.2, -0.15) is 4.31 Å². The Labute approximate surface area is 330 Å². The van der Waals surface area contributed by atoms with Crippen molar-refractivity contribution < 1.29 is 80.5 Å². The number of aromatic nitrogens is 4. The highest BCUT2D eigenvalue weighted by Gasteiger charge is 2.50. The minimum atomic E-state index is -5.57. The van der Waals surface area contributed by atoms with Crippen LogP contribution in [0.2, 0.25) is 0 Å². The van der Waals surface area contributed by atoms with Gasteiger partial charge in [-0.3, -0.25) is 32.5 Å². The lowest BCUT2D eigenvalue weighted by Gasteiger charge is -2.30. The number of carbonyl (C=O) groups is 3. The Morgan fingerprint density at radius 2 is 1.77 bits per heavy atom. The van der Waals surface area contributed by atoms with E-state index in [1.165, 1.54) is 19.9 Å². The standard InChI is InChI=1S/C29H46N7O17P3S/c1-4-5-6-7-8-9-20(38)57-13-12-31-19(37)10-11-32-27(41)24(40)29(2,3)15-50-56(47,48)53-55(45,46)49-14-18-23(52-54(42,43)44)22(39)28(51-18)36-17-35-21-25(30)33-16-34-26(21)36/h6-9,16-18,22-24,28,39-40H,4-5,10-15H2,1-3H3,(H,31,37)(H,32,41)(H,45,46)(H,47,48)(H2,30,33,34)(H2,42,43,44). The van der Waals surface area contributed by atoms with Crippen molar-refractivity contribution >= 4 is 69.1 Å². The third-order valence-electron chi connectivity index (χ3n) is 7.68. The highest BCUT2D eigenvalue weighted by atomic mass is 32.2. The Bertz CT molecular complexity index is 1910. The summed E-state index contributed by atoms with van der Waals surface area (Å²) in [6.45, 7) is 2.50. The number of aliphatic hydroxyl groups excluding tert-OH is 2. The SMILES string of the molecule is CCCC=CC=CC(=O)SCCNC(=O)CCNC(=O)C(O)C(C)(C)COP(=O)(O)OP(=O)(O)OCC1OC(n2cnc3c(N)ncnc32)C(O)C1OP(=O)(O)O. The molecule has 7 atom stereocenters. The molecule has 0 saturated carbocycles. The number of amides is 2. The first-order chi connectivity index (χ1) is 26.6. The number of nitrogens with two attached hydrogens (primary N) is 1. The second-order valence-corrected chi connectivity index (χ2v) is 18.1. The van der Waals surface area contributed by atoms with Gasteiger partial charge in [0.15, 0.2) is 17.7 Å². The van der Waals surface area contributed by atoms with Crippen LogP contribution in [0.1, 0.15) is 46.3 Å². The zero-order chi connectivity index (χ0) is 42.6. The average molecular weight is 890 g/mol. The molecule has 24 nitrogen and oxygen atoms in total. The molecule has 10 N–H and O–H groups in total.